The Hall–Kier alpha value is -2.04. The first kappa shape index (κ1) is 19.3. The maximum atomic E-state index is 12.4. The Bertz CT molecular complexity index is 629. The van der Waals surface area contributed by atoms with Gasteiger partial charge in [0.1, 0.15) is 0 Å². The minimum Gasteiger partial charge on any atom is -0.343 e. The van der Waals surface area contributed by atoms with Crippen LogP contribution < -0.4 is 5.32 Å². The van der Waals surface area contributed by atoms with Crippen LogP contribution in [-0.2, 0) is 11.2 Å². The molecule has 1 aromatic rings. The van der Waals surface area contributed by atoms with Crippen LogP contribution in [0, 0.1) is 19.8 Å². The summed E-state index contributed by atoms with van der Waals surface area (Å²) in [6, 6.07) is 6.47. The average Bonchev–Trinajstić information content (AvgIpc) is 2.98. The lowest BCUT2D eigenvalue weighted by molar-refractivity contribution is -0.127. The summed E-state index contributed by atoms with van der Waals surface area (Å²) in [5.41, 5.74) is 3.80. The van der Waals surface area contributed by atoms with Crippen molar-refractivity contribution in [1.82, 2.24) is 15.1 Å². The number of hydrogen-bond acceptors (Lipinski definition) is 2. The minimum atomic E-state index is -0.0430. The van der Waals surface area contributed by atoms with E-state index in [1.807, 2.05) is 18.9 Å². The number of rotatable bonds is 5. The standard InChI is InChI=1S/C20H31N3O2/c1-14-6-7-19(15(2)10-14)11-16(3)21-20(25)22(5)12-18-8-9-23(13-18)17(4)24/h6-7,10,16,18H,8-9,11-13H2,1-5H3,(H,21,25)/t16-,18-/m0/s1. The zero-order valence-electron chi connectivity index (χ0n) is 16.1. The van der Waals surface area contributed by atoms with Gasteiger partial charge in [-0.3, -0.25) is 4.79 Å². The largest absolute Gasteiger partial charge is 0.343 e. The quantitative estimate of drug-likeness (QED) is 0.892. The Labute approximate surface area is 151 Å². The summed E-state index contributed by atoms with van der Waals surface area (Å²) in [7, 11) is 1.83. The van der Waals surface area contributed by atoms with Crippen LogP contribution >= 0.6 is 0 Å². The lowest BCUT2D eigenvalue weighted by atomic mass is 10.00. The van der Waals surface area contributed by atoms with Gasteiger partial charge in [-0.2, -0.15) is 0 Å². The SMILES string of the molecule is CC(=O)N1CC[C@@H](CN(C)C(=O)N[C@@H](C)Cc2ccc(C)cc2C)C1. The van der Waals surface area contributed by atoms with Gasteiger partial charge in [0.25, 0.3) is 0 Å². The molecule has 0 unspecified atom stereocenters. The Morgan fingerprint density at radius 2 is 2.08 bits per heavy atom. The molecule has 2 rings (SSSR count). The smallest absolute Gasteiger partial charge is 0.317 e. The topological polar surface area (TPSA) is 52.7 Å². The van der Waals surface area contributed by atoms with Crippen molar-refractivity contribution in [2.45, 2.75) is 46.6 Å². The summed E-state index contributed by atoms with van der Waals surface area (Å²) >= 11 is 0. The molecule has 0 saturated carbocycles. The molecule has 1 heterocycles. The third-order valence-corrected chi connectivity index (χ3v) is 5.00. The summed E-state index contributed by atoms with van der Waals surface area (Å²) in [6.45, 7) is 10.1. The summed E-state index contributed by atoms with van der Waals surface area (Å²) in [5, 5.41) is 3.08. The molecule has 0 spiro atoms. The molecule has 25 heavy (non-hydrogen) atoms. The number of benzene rings is 1. The summed E-state index contributed by atoms with van der Waals surface area (Å²) in [5.74, 6) is 0.492. The van der Waals surface area contributed by atoms with Gasteiger partial charge in [-0.15, -0.1) is 0 Å². The van der Waals surface area contributed by atoms with Gasteiger partial charge in [0.05, 0.1) is 0 Å². The molecule has 1 N–H and O–H groups in total. The maximum Gasteiger partial charge on any atom is 0.317 e. The number of nitrogens with zero attached hydrogens (tertiary/aromatic N) is 2. The van der Waals surface area contributed by atoms with E-state index in [2.05, 4.69) is 37.4 Å². The van der Waals surface area contributed by atoms with Gasteiger partial charge in [-0.25, -0.2) is 4.79 Å². The predicted octanol–water partition coefficient (Wildman–Crippen LogP) is 2.74. The van der Waals surface area contributed by atoms with E-state index >= 15 is 0 Å². The van der Waals surface area contributed by atoms with Gasteiger partial charge in [-0.1, -0.05) is 23.8 Å². The fraction of sp³-hybridized carbons (Fsp3) is 0.600. The van der Waals surface area contributed by atoms with Crippen molar-refractivity contribution < 1.29 is 9.59 Å². The molecule has 5 heteroatoms. The molecule has 138 valence electrons. The highest BCUT2D eigenvalue weighted by molar-refractivity contribution is 5.74. The van der Waals surface area contributed by atoms with Crippen LogP contribution in [0.1, 0.15) is 37.0 Å². The number of carbonyl (C=O) groups excluding carboxylic acids is 2. The van der Waals surface area contributed by atoms with Gasteiger partial charge in [0, 0.05) is 39.6 Å². The molecule has 3 amide bonds. The van der Waals surface area contributed by atoms with Crippen LogP contribution in [-0.4, -0.2) is 54.5 Å². The minimum absolute atomic E-state index is 0.0430. The zero-order valence-corrected chi connectivity index (χ0v) is 16.1. The second kappa shape index (κ2) is 8.37. The summed E-state index contributed by atoms with van der Waals surface area (Å²) in [6.07, 6.45) is 1.79. The van der Waals surface area contributed by atoms with Crippen LogP contribution in [0.4, 0.5) is 4.79 Å². The van der Waals surface area contributed by atoms with Crippen LogP contribution in [0.5, 0.6) is 0 Å². The molecule has 2 atom stereocenters. The van der Waals surface area contributed by atoms with E-state index in [4.69, 9.17) is 0 Å². The molecule has 1 aliphatic heterocycles. The van der Waals surface area contributed by atoms with Gasteiger partial charge in [-0.05, 0) is 50.7 Å². The first-order valence-corrected chi connectivity index (χ1v) is 9.09. The Kier molecular flexibility index (Phi) is 6.45. The van der Waals surface area contributed by atoms with E-state index in [9.17, 15) is 9.59 Å². The number of aryl methyl sites for hydroxylation is 2. The second-order valence-corrected chi connectivity index (χ2v) is 7.48. The van der Waals surface area contributed by atoms with Crippen LogP contribution in [0.15, 0.2) is 18.2 Å². The van der Waals surface area contributed by atoms with Crippen molar-refractivity contribution in [3.05, 3.63) is 34.9 Å². The zero-order chi connectivity index (χ0) is 18.6. The van der Waals surface area contributed by atoms with E-state index < -0.39 is 0 Å². The number of nitrogens with one attached hydrogen (secondary N) is 1. The molecule has 0 bridgehead atoms. The summed E-state index contributed by atoms with van der Waals surface area (Å²) in [4.78, 5) is 27.4. The predicted molar refractivity (Wildman–Crippen MR) is 101 cm³/mol. The number of carbonyl (C=O) groups is 2. The molecule has 0 aromatic heterocycles. The first-order chi connectivity index (χ1) is 11.8. The van der Waals surface area contributed by atoms with Gasteiger partial charge in [0.15, 0.2) is 0 Å². The number of urea groups is 1. The van der Waals surface area contributed by atoms with Gasteiger partial charge >= 0.3 is 6.03 Å². The third kappa shape index (κ3) is 5.48. The van der Waals surface area contributed by atoms with Crippen LogP contribution in [0.3, 0.4) is 0 Å². The van der Waals surface area contributed by atoms with Crippen molar-refractivity contribution in [3.63, 3.8) is 0 Å². The summed E-state index contributed by atoms with van der Waals surface area (Å²) < 4.78 is 0. The van der Waals surface area contributed by atoms with Crippen molar-refractivity contribution in [1.29, 1.82) is 0 Å². The Balaban J connectivity index is 1.81. The van der Waals surface area contributed by atoms with E-state index in [1.54, 1.807) is 11.8 Å². The van der Waals surface area contributed by atoms with E-state index in [0.717, 1.165) is 25.9 Å². The highest BCUT2D eigenvalue weighted by Gasteiger charge is 2.26. The van der Waals surface area contributed by atoms with Crippen LogP contribution in [0.25, 0.3) is 0 Å². The van der Waals surface area contributed by atoms with Crippen molar-refractivity contribution in [3.8, 4) is 0 Å². The van der Waals surface area contributed by atoms with Crippen molar-refractivity contribution in [2.24, 2.45) is 5.92 Å². The number of hydrogen-bond donors (Lipinski definition) is 1. The fourth-order valence-corrected chi connectivity index (χ4v) is 3.51. The van der Waals surface area contributed by atoms with E-state index in [0.29, 0.717) is 12.5 Å². The van der Waals surface area contributed by atoms with Crippen LogP contribution in [0.2, 0.25) is 0 Å². The average molecular weight is 345 g/mol. The normalized spacial score (nSPS) is 18.1. The molecular formula is C20H31N3O2. The molecule has 1 aliphatic rings. The number of likely N-dealkylation sites (tertiary alicyclic amines) is 1. The number of amides is 3. The molecule has 0 radical (unpaired) electrons. The lowest BCUT2D eigenvalue weighted by Gasteiger charge is -2.24. The molecule has 5 nitrogen and oxygen atoms in total. The highest BCUT2D eigenvalue weighted by Crippen LogP contribution is 2.17. The second-order valence-electron chi connectivity index (χ2n) is 7.48. The third-order valence-electron chi connectivity index (χ3n) is 5.00. The molecular weight excluding hydrogens is 314 g/mol. The van der Waals surface area contributed by atoms with Gasteiger partial charge in [0.2, 0.25) is 5.91 Å². The van der Waals surface area contributed by atoms with Crippen molar-refractivity contribution in [2.75, 3.05) is 26.7 Å². The Morgan fingerprint density at radius 1 is 1.36 bits per heavy atom. The monoisotopic (exact) mass is 345 g/mol. The molecule has 0 aliphatic carbocycles. The fourth-order valence-electron chi connectivity index (χ4n) is 3.51. The molecule has 1 saturated heterocycles. The Morgan fingerprint density at radius 3 is 2.68 bits per heavy atom. The first-order valence-electron chi connectivity index (χ1n) is 9.09. The van der Waals surface area contributed by atoms with E-state index in [-0.39, 0.29) is 18.0 Å². The lowest BCUT2D eigenvalue weighted by Crippen LogP contribution is -2.44. The molecule has 1 aromatic carbocycles. The maximum absolute atomic E-state index is 12.4. The highest BCUT2D eigenvalue weighted by atomic mass is 16.2. The molecule has 1 fully saturated rings. The van der Waals surface area contributed by atoms with Crippen molar-refractivity contribution >= 4 is 11.9 Å². The van der Waals surface area contributed by atoms with Gasteiger partial charge < -0.3 is 15.1 Å². The van der Waals surface area contributed by atoms with E-state index in [1.165, 1.54) is 16.7 Å².